The first kappa shape index (κ1) is 24.0. The molecule has 3 aromatic rings. The van der Waals surface area contributed by atoms with E-state index in [9.17, 15) is 34.9 Å². The second-order valence-electron chi connectivity index (χ2n) is 7.24. The van der Waals surface area contributed by atoms with Gasteiger partial charge in [-0.3, -0.25) is 29.6 Å². The van der Waals surface area contributed by atoms with E-state index < -0.39 is 44.5 Å². The molecule has 12 nitrogen and oxygen atoms in total. The van der Waals surface area contributed by atoms with Crippen LogP contribution in [0.25, 0.3) is 6.08 Å². The summed E-state index contributed by atoms with van der Waals surface area (Å²) in [5, 5.41) is 34.2. The Morgan fingerprint density at radius 2 is 1.94 bits per heavy atom. The molecule has 0 radical (unpaired) electrons. The zero-order valence-corrected chi connectivity index (χ0v) is 19.8. The summed E-state index contributed by atoms with van der Waals surface area (Å²) in [5.41, 5.74) is -1.71. The van der Waals surface area contributed by atoms with Crippen molar-refractivity contribution in [3.05, 3.63) is 91.3 Å². The van der Waals surface area contributed by atoms with Crippen LogP contribution < -0.4 is 14.9 Å². The molecule has 2 aromatic heterocycles. The first-order valence-corrected chi connectivity index (χ1v) is 11.7. The van der Waals surface area contributed by atoms with Gasteiger partial charge in [0.1, 0.15) is 6.04 Å². The van der Waals surface area contributed by atoms with E-state index in [-0.39, 0.29) is 27.1 Å². The van der Waals surface area contributed by atoms with Gasteiger partial charge >= 0.3 is 17.3 Å². The summed E-state index contributed by atoms with van der Waals surface area (Å²) >= 11 is 2.31. The largest absolute Gasteiger partial charge is 0.497 e. The smallest absolute Gasteiger partial charge is 0.338 e. The average Bonchev–Trinajstić information content (AvgIpc) is 3.42. The van der Waals surface area contributed by atoms with Gasteiger partial charge in [0.15, 0.2) is 4.80 Å². The number of esters is 1. The number of aromatic hydroxyl groups is 1. The number of hydrogen-bond acceptors (Lipinski definition) is 11. The lowest BCUT2D eigenvalue weighted by atomic mass is 10.0. The van der Waals surface area contributed by atoms with Crippen molar-refractivity contribution in [3.63, 3.8) is 0 Å². The van der Waals surface area contributed by atoms with Crippen LogP contribution in [0.4, 0.5) is 11.4 Å². The zero-order valence-electron chi connectivity index (χ0n) is 18.2. The molecule has 0 amide bonds. The number of nitrogens with zero attached hydrogens (tertiary/aromatic N) is 4. The maximum atomic E-state index is 13.5. The van der Waals surface area contributed by atoms with Gasteiger partial charge in [0, 0.05) is 17.0 Å². The van der Waals surface area contributed by atoms with E-state index in [1.807, 2.05) is 0 Å². The lowest BCUT2D eigenvalue weighted by molar-refractivity contribution is -0.396. The van der Waals surface area contributed by atoms with E-state index in [0.29, 0.717) is 10.6 Å². The molecule has 1 N–H and O–H groups in total. The van der Waals surface area contributed by atoms with Crippen LogP contribution in [0.5, 0.6) is 5.75 Å². The molecule has 14 heteroatoms. The topological polar surface area (TPSA) is 167 Å². The molecule has 4 rings (SSSR count). The van der Waals surface area contributed by atoms with Crippen molar-refractivity contribution < 1.29 is 24.5 Å². The fourth-order valence-electron chi connectivity index (χ4n) is 3.65. The molecule has 35 heavy (non-hydrogen) atoms. The van der Waals surface area contributed by atoms with E-state index in [2.05, 4.69) is 4.99 Å². The number of ether oxygens (including phenoxy) is 1. The van der Waals surface area contributed by atoms with Crippen molar-refractivity contribution >= 4 is 46.1 Å². The zero-order chi connectivity index (χ0) is 25.4. The number of nitro benzene ring substituents is 2. The van der Waals surface area contributed by atoms with Crippen LogP contribution in [0.15, 0.2) is 50.7 Å². The Hall–Kier alpha value is -4.17. The number of benzene rings is 1. The highest BCUT2D eigenvalue weighted by atomic mass is 32.1. The molecule has 3 heterocycles. The van der Waals surface area contributed by atoms with E-state index in [1.54, 1.807) is 31.4 Å². The fourth-order valence-corrected chi connectivity index (χ4v) is 5.52. The maximum absolute atomic E-state index is 13.5. The number of aromatic nitrogens is 1. The normalized spacial score (nSPS) is 15.5. The minimum atomic E-state index is -1.08. The lowest BCUT2D eigenvalue weighted by Gasteiger charge is -2.23. The SMILES string of the molecule is CCOC(=O)C1=C(C)N=c2s/c(=C\c3cc([N+](=O)[O-])c(O)c([N+](=O)[O-])c3)c(=O)n2[C@H]1c1cccs1. The van der Waals surface area contributed by atoms with Crippen LogP contribution in [0.1, 0.15) is 30.3 Å². The van der Waals surface area contributed by atoms with Gasteiger partial charge in [-0.15, -0.1) is 11.3 Å². The fraction of sp³-hybridized carbons (Fsp3) is 0.190. The Balaban J connectivity index is 1.96. The van der Waals surface area contributed by atoms with Crippen LogP contribution >= 0.6 is 22.7 Å². The second-order valence-corrected chi connectivity index (χ2v) is 9.23. The van der Waals surface area contributed by atoms with Crippen molar-refractivity contribution in [1.29, 1.82) is 0 Å². The van der Waals surface area contributed by atoms with Crippen molar-refractivity contribution in [1.82, 2.24) is 4.57 Å². The highest BCUT2D eigenvalue weighted by Crippen LogP contribution is 2.37. The second kappa shape index (κ2) is 9.23. The third-order valence-electron chi connectivity index (χ3n) is 5.11. The number of nitro groups is 2. The number of allylic oxidation sites excluding steroid dienone is 1. The highest BCUT2D eigenvalue weighted by Gasteiger charge is 2.34. The Morgan fingerprint density at radius 1 is 1.29 bits per heavy atom. The van der Waals surface area contributed by atoms with E-state index in [0.717, 1.165) is 23.5 Å². The molecule has 1 aromatic carbocycles. The molecule has 0 saturated carbocycles. The highest BCUT2D eigenvalue weighted by molar-refractivity contribution is 7.10. The lowest BCUT2D eigenvalue weighted by Crippen LogP contribution is -2.39. The number of fused-ring (bicyclic) bond motifs is 1. The first-order valence-electron chi connectivity index (χ1n) is 10.0. The van der Waals surface area contributed by atoms with Crippen LogP contribution in [-0.2, 0) is 9.53 Å². The van der Waals surface area contributed by atoms with Crippen LogP contribution in [0.3, 0.4) is 0 Å². The minimum Gasteiger partial charge on any atom is -0.497 e. The number of rotatable bonds is 6. The molecule has 0 aliphatic carbocycles. The molecule has 1 aliphatic heterocycles. The van der Waals surface area contributed by atoms with Crippen LogP contribution in [-0.4, -0.2) is 32.1 Å². The third kappa shape index (κ3) is 4.24. The summed E-state index contributed by atoms with van der Waals surface area (Å²) in [6, 6.07) is 4.63. The third-order valence-corrected chi connectivity index (χ3v) is 7.02. The Labute approximate surface area is 203 Å². The number of hydrogen-bond donors (Lipinski definition) is 1. The average molecular weight is 517 g/mol. The quantitative estimate of drug-likeness (QED) is 0.296. The number of phenols is 1. The van der Waals surface area contributed by atoms with Crippen molar-refractivity contribution in [2.45, 2.75) is 19.9 Å². The molecule has 0 unspecified atom stereocenters. The maximum Gasteiger partial charge on any atom is 0.338 e. The molecule has 0 spiro atoms. The molecule has 180 valence electrons. The van der Waals surface area contributed by atoms with E-state index in [1.165, 1.54) is 22.0 Å². The van der Waals surface area contributed by atoms with Gasteiger partial charge in [-0.25, -0.2) is 9.79 Å². The monoisotopic (exact) mass is 516 g/mol. The van der Waals surface area contributed by atoms with E-state index >= 15 is 0 Å². The number of thiazole rings is 1. The van der Waals surface area contributed by atoms with Gasteiger partial charge < -0.3 is 9.84 Å². The van der Waals surface area contributed by atoms with Gasteiger partial charge in [-0.05, 0) is 36.9 Å². The van der Waals surface area contributed by atoms with Crippen molar-refractivity contribution in [3.8, 4) is 5.75 Å². The van der Waals surface area contributed by atoms with Gasteiger partial charge in [-0.2, -0.15) is 0 Å². The number of thiophene rings is 1. The summed E-state index contributed by atoms with van der Waals surface area (Å²) in [5.74, 6) is -1.68. The van der Waals surface area contributed by atoms with Gasteiger partial charge in [0.05, 0.1) is 32.3 Å². The Bertz CT molecular complexity index is 1550. The summed E-state index contributed by atoms with van der Waals surface area (Å²) < 4.78 is 6.62. The first-order chi connectivity index (χ1) is 16.6. The summed E-state index contributed by atoms with van der Waals surface area (Å²) in [6.45, 7) is 3.44. The molecular formula is C21H16N4O8S2. The summed E-state index contributed by atoms with van der Waals surface area (Å²) in [4.78, 5) is 52.3. The molecule has 1 aliphatic rings. The predicted molar refractivity (Wildman–Crippen MR) is 126 cm³/mol. The molecular weight excluding hydrogens is 500 g/mol. The van der Waals surface area contributed by atoms with Crippen molar-refractivity contribution in [2.24, 2.45) is 4.99 Å². The van der Waals surface area contributed by atoms with Crippen LogP contribution in [0, 0.1) is 20.2 Å². The van der Waals surface area contributed by atoms with Gasteiger partial charge in [-0.1, -0.05) is 17.4 Å². The summed E-state index contributed by atoms with van der Waals surface area (Å²) in [6.07, 6.45) is 1.25. The van der Waals surface area contributed by atoms with Gasteiger partial charge in [0.25, 0.3) is 11.3 Å². The van der Waals surface area contributed by atoms with Crippen molar-refractivity contribution in [2.75, 3.05) is 6.61 Å². The molecule has 0 fully saturated rings. The summed E-state index contributed by atoms with van der Waals surface area (Å²) in [7, 11) is 0. The Morgan fingerprint density at radius 3 is 2.49 bits per heavy atom. The number of phenolic OH excluding ortho intramolecular Hbond substituents is 1. The minimum absolute atomic E-state index is 0.0273. The standard InChI is InChI=1S/C21H16N4O8S2/c1-3-33-20(28)16-10(2)22-21-23(17(16)14-5-4-6-34-14)19(27)15(35-21)9-11-7-12(24(29)30)18(26)13(8-11)25(31)32/h4-9,17,26H,3H2,1-2H3/b15-9-/t17-/m0/s1. The van der Waals surface area contributed by atoms with Gasteiger partial charge in [0.2, 0.25) is 0 Å². The number of carbonyl (C=O) groups excluding carboxylic acids is 1. The molecule has 0 saturated heterocycles. The van der Waals surface area contributed by atoms with Crippen LogP contribution in [0.2, 0.25) is 0 Å². The predicted octanol–water partition coefficient (Wildman–Crippen LogP) is 2.38. The molecule has 0 bridgehead atoms. The van der Waals surface area contributed by atoms with E-state index in [4.69, 9.17) is 4.74 Å². The Kier molecular flexibility index (Phi) is 6.32. The molecule has 1 atom stereocenters. The number of carbonyl (C=O) groups is 1.